The maximum Gasteiger partial charge on any atom is 0.129 e. The second kappa shape index (κ2) is 3.24. The number of hydrogen-bond acceptors (Lipinski definition) is 0. The third kappa shape index (κ3) is 4.49. The Hall–Kier alpha value is -0.00623. The summed E-state index contributed by atoms with van der Waals surface area (Å²) in [6.07, 6.45) is 5.39. The Morgan fingerprint density at radius 2 is 1.89 bits per heavy atom. The van der Waals surface area contributed by atoms with E-state index in [0.29, 0.717) is 0 Å². The van der Waals surface area contributed by atoms with Gasteiger partial charge in [0.2, 0.25) is 0 Å². The van der Waals surface area contributed by atoms with Crippen molar-refractivity contribution in [2.75, 3.05) is 0 Å². The summed E-state index contributed by atoms with van der Waals surface area (Å²) in [4.78, 5) is 0. The van der Waals surface area contributed by atoms with E-state index in [1.165, 1.54) is 5.67 Å². The van der Waals surface area contributed by atoms with Crippen LogP contribution in [0.1, 0.15) is 0 Å². The molecule has 0 fully saturated rings. The van der Waals surface area contributed by atoms with Crippen LogP contribution < -0.4 is 0 Å². The molecule has 0 rings (SSSR count). The fraction of sp³-hybridized carbons (Fsp3) is 0.714. The Morgan fingerprint density at radius 1 is 1.44 bits per heavy atom. The molecule has 0 aliphatic rings. The van der Waals surface area contributed by atoms with E-state index in [2.05, 4.69) is 31.7 Å². The van der Waals surface area contributed by atoms with Crippen molar-refractivity contribution in [3.05, 3.63) is 0 Å². The van der Waals surface area contributed by atoms with Crippen LogP contribution >= 0.6 is 0 Å². The molecule has 0 spiro atoms. The average molecular weight is 156 g/mol. The first-order valence-corrected chi connectivity index (χ1v) is 9.79. The van der Waals surface area contributed by atoms with Gasteiger partial charge < -0.3 is 0 Å². The van der Waals surface area contributed by atoms with Crippen molar-refractivity contribution in [3.8, 4) is 12.0 Å². The van der Waals surface area contributed by atoms with E-state index >= 15 is 0 Å². The van der Waals surface area contributed by atoms with E-state index in [-0.39, 0.29) is 0 Å². The van der Waals surface area contributed by atoms with Crippen LogP contribution in [0.2, 0.25) is 31.9 Å². The van der Waals surface area contributed by atoms with Crippen LogP contribution in [0.5, 0.6) is 0 Å². The van der Waals surface area contributed by atoms with Gasteiger partial charge in [-0.2, -0.15) is 0 Å². The minimum atomic E-state index is -1.15. The molecule has 0 saturated heterocycles. The van der Waals surface area contributed by atoms with E-state index in [1.54, 1.807) is 0 Å². The molecular weight excluding hydrogens is 140 g/mol. The van der Waals surface area contributed by atoms with Crippen molar-refractivity contribution in [3.63, 3.8) is 0 Å². The van der Waals surface area contributed by atoms with Gasteiger partial charge in [0.15, 0.2) is 0 Å². The molecule has 0 bridgehead atoms. The normalized spacial score (nSPS) is 11.6. The molecule has 0 saturated carbocycles. The van der Waals surface area contributed by atoms with Crippen LogP contribution in [-0.4, -0.2) is 16.9 Å². The van der Waals surface area contributed by atoms with Gasteiger partial charge in [-0.05, 0) is 0 Å². The third-order valence-corrected chi connectivity index (χ3v) is 9.44. The summed E-state index contributed by atoms with van der Waals surface area (Å²) in [5, 5.41) is 0. The standard InChI is InChI=1S/C7H16Si2/c1-6-9(4,5)7-8(2)3/h1,8H,7H2,2-5H3. The molecule has 0 aromatic carbocycles. The van der Waals surface area contributed by atoms with Crippen molar-refractivity contribution in [2.45, 2.75) is 31.9 Å². The Morgan fingerprint density at radius 3 is 2.00 bits per heavy atom. The fourth-order valence-electron chi connectivity index (χ4n) is 1.08. The fourth-order valence-corrected chi connectivity index (χ4v) is 9.72. The molecule has 0 amide bonds. The first-order chi connectivity index (χ1) is 3.98. The molecule has 0 aromatic rings. The highest BCUT2D eigenvalue weighted by Gasteiger charge is 2.18. The molecule has 0 nitrogen and oxygen atoms in total. The number of terminal acetylenes is 1. The lowest BCUT2D eigenvalue weighted by atomic mass is 11.4. The van der Waals surface area contributed by atoms with Crippen molar-refractivity contribution >= 4 is 16.9 Å². The molecule has 0 aliphatic heterocycles. The van der Waals surface area contributed by atoms with E-state index in [4.69, 9.17) is 6.42 Å². The van der Waals surface area contributed by atoms with Gasteiger partial charge in [-0.3, -0.25) is 0 Å². The first-order valence-electron chi connectivity index (χ1n) is 3.46. The van der Waals surface area contributed by atoms with E-state index < -0.39 is 16.9 Å². The van der Waals surface area contributed by atoms with Crippen LogP contribution in [-0.2, 0) is 0 Å². The highest BCUT2D eigenvalue weighted by molar-refractivity contribution is 6.93. The van der Waals surface area contributed by atoms with E-state index in [1.807, 2.05) is 0 Å². The lowest BCUT2D eigenvalue weighted by Gasteiger charge is -2.15. The lowest BCUT2D eigenvalue weighted by molar-refractivity contribution is 1.65. The predicted octanol–water partition coefficient (Wildman–Crippen LogP) is 1.89. The van der Waals surface area contributed by atoms with Crippen molar-refractivity contribution < 1.29 is 0 Å². The van der Waals surface area contributed by atoms with Crippen molar-refractivity contribution in [1.29, 1.82) is 0 Å². The van der Waals surface area contributed by atoms with Gasteiger partial charge in [-0.25, -0.2) is 0 Å². The van der Waals surface area contributed by atoms with Crippen LogP contribution in [0.25, 0.3) is 0 Å². The van der Waals surface area contributed by atoms with E-state index in [0.717, 1.165) is 0 Å². The van der Waals surface area contributed by atoms with Gasteiger partial charge in [0, 0.05) is 8.80 Å². The molecule has 0 radical (unpaired) electrons. The highest BCUT2D eigenvalue weighted by atomic mass is 28.4. The van der Waals surface area contributed by atoms with Crippen molar-refractivity contribution in [1.82, 2.24) is 0 Å². The zero-order valence-electron chi connectivity index (χ0n) is 6.86. The monoisotopic (exact) mass is 156 g/mol. The molecule has 0 aromatic heterocycles. The Labute approximate surface area is 61.3 Å². The zero-order valence-corrected chi connectivity index (χ0v) is 9.02. The summed E-state index contributed by atoms with van der Waals surface area (Å²) in [7, 11) is -1.54. The van der Waals surface area contributed by atoms with Gasteiger partial charge >= 0.3 is 0 Å². The largest absolute Gasteiger partial charge is 0.135 e. The number of rotatable bonds is 2. The summed E-state index contributed by atoms with van der Waals surface area (Å²) in [6.45, 7) is 9.29. The minimum Gasteiger partial charge on any atom is -0.135 e. The smallest absolute Gasteiger partial charge is 0.129 e. The van der Waals surface area contributed by atoms with Crippen LogP contribution in [0.3, 0.4) is 0 Å². The van der Waals surface area contributed by atoms with Crippen molar-refractivity contribution in [2.24, 2.45) is 0 Å². The molecule has 0 atom stereocenters. The van der Waals surface area contributed by atoms with Gasteiger partial charge in [0.1, 0.15) is 8.07 Å². The topological polar surface area (TPSA) is 0 Å². The molecule has 0 unspecified atom stereocenters. The molecule has 0 aliphatic carbocycles. The zero-order chi connectivity index (χ0) is 7.49. The summed E-state index contributed by atoms with van der Waals surface area (Å²) in [6, 6.07) is 0. The Bertz CT molecular complexity index is 119. The quantitative estimate of drug-likeness (QED) is 0.423. The van der Waals surface area contributed by atoms with Gasteiger partial charge in [0.25, 0.3) is 0 Å². The van der Waals surface area contributed by atoms with Gasteiger partial charge in [0.05, 0.1) is 0 Å². The second-order valence-electron chi connectivity index (χ2n) is 3.63. The molecule has 0 N–H and O–H groups in total. The van der Waals surface area contributed by atoms with Crippen LogP contribution in [0.4, 0.5) is 0 Å². The summed E-state index contributed by atoms with van der Waals surface area (Å²) >= 11 is 0. The molecule has 2 heteroatoms. The lowest BCUT2D eigenvalue weighted by Crippen LogP contribution is -2.28. The number of hydrogen-bond donors (Lipinski definition) is 0. The summed E-state index contributed by atoms with van der Waals surface area (Å²) < 4.78 is 0. The summed E-state index contributed by atoms with van der Waals surface area (Å²) in [5.41, 5.74) is 4.34. The minimum absolute atomic E-state index is 0.394. The molecule has 52 valence electrons. The van der Waals surface area contributed by atoms with E-state index in [9.17, 15) is 0 Å². The SMILES string of the molecule is C#C[Si](C)(C)C[SiH](C)C. The summed E-state index contributed by atoms with van der Waals surface area (Å²) in [5.74, 6) is 0. The molecular formula is C7H16Si2. The predicted molar refractivity (Wildman–Crippen MR) is 50.0 cm³/mol. The second-order valence-corrected chi connectivity index (χ2v) is 12.1. The Balaban J connectivity index is 3.76. The van der Waals surface area contributed by atoms with Gasteiger partial charge in [-0.15, -0.1) is 12.0 Å². The molecule has 9 heavy (non-hydrogen) atoms. The van der Waals surface area contributed by atoms with Crippen LogP contribution in [0.15, 0.2) is 0 Å². The van der Waals surface area contributed by atoms with Gasteiger partial charge in [-0.1, -0.05) is 31.9 Å². The average Bonchev–Trinajstić information content (AvgIpc) is 1.63. The van der Waals surface area contributed by atoms with Crippen LogP contribution in [0, 0.1) is 12.0 Å². The molecule has 0 heterocycles. The maximum absolute atomic E-state index is 5.39. The third-order valence-electron chi connectivity index (χ3n) is 1.31. The Kier molecular flexibility index (Phi) is 3.23. The first kappa shape index (κ1) is 8.99. The maximum atomic E-state index is 5.39. The highest BCUT2D eigenvalue weighted by Crippen LogP contribution is 2.09.